The fourth-order valence-electron chi connectivity index (χ4n) is 3.54. The number of carbonyl (C=O) groups excluding carboxylic acids is 1. The number of carbonyl (C=O) groups is 1. The monoisotopic (exact) mass is 483 g/mol. The van der Waals surface area contributed by atoms with Gasteiger partial charge >= 0.3 is 0 Å². The van der Waals surface area contributed by atoms with Gasteiger partial charge in [0.2, 0.25) is 10.0 Å². The Morgan fingerprint density at radius 2 is 1.87 bits per heavy atom. The number of hydrogen-bond acceptors (Lipinski definition) is 4. The van der Waals surface area contributed by atoms with E-state index in [-0.39, 0.29) is 18.1 Å². The zero-order chi connectivity index (χ0) is 22.3. The minimum absolute atomic E-state index is 0.134. The van der Waals surface area contributed by atoms with Crippen LogP contribution in [0.3, 0.4) is 0 Å². The summed E-state index contributed by atoms with van der Waals surface area (Å²) in [5, 5.41) is 7.15. The maximum absolute atomic E-state index is 12.4. The van der Waals surface area contributed by atoms with Gasteiger partial charge in [0.1, 0.15) is 0 Å². The molecule has 1 fully saturated rings. The van der Waals surface area contributed by atoms with Crippen LogP contribution in [0.5, 0.6) is 0 Å². The van der Waals surface area contributed by atoms with Crippen LogP contribution in [0.2, 0.25) is 10.0 Å². The van der Waals surface area contributed by atoms with E-state index in [4.69, 9.17) is 23.2 Å². The quantitative estimate of drug-likeness (QED) is 0.497. The van der Waals surface area contributed by atoms with Crippen molar-refractivity contribution in [2.45, 2.75) is 38.1 Å². The minimum Gasteiger partial charge on any atom is -0.352 e. The van der Waals surface area contributed by atoms with Gasteiger partial charge < -0.3 is 10.6 Å². The third kappa shape index (κ3) is 7.38. The van der Waals surface area contributed by atoms with Crippen molar-refractivity contribution in [3.8, 4) is 0 Å². The molecule has 0 aliphatic carbocycles. The van der Waals surface area contributed by atoms with Crippen molar-refractivity contribution in [3.63, 3.8) is 0 Å². The van der Waals surface area contributed by atoms with Gasteiger partial charge in [0.05, 0.1) is 15.8 Å². The number of benzene rings is 2. The lowest BCUT2D eigenvalue weighted by atomic mass is 10.0. The van der Waals surface area contributed by atoms with Crippen LogP contribution in [0.4, 0.5) is 5.69 Å². The Kier molecular flexibility index (Phi) is 8.60. The second-order valence-electron chi connectivity index (χ2n) is 7.65. The molecule has 31 heavy (non-hydrogen) atoms. The summed E-state index contributed by atoms with van der Waals surface area (Å²) in [4.78, 5) is 12.3. The number of rotatable bonds is 9. The molecule has 0 bridgehead atoms. The number of anilines is 1. The van der Waals surface area contributed by atoms with Gasteiger partial charge in [-0.3, -0.25) is 9.52 Å². The van der Waals surface area contributed by atoms with Crippen molar-refractivity contribution in [1.82, 2.24) is 10.6 Å². The number of sulfonamides is 1. The van der Waals surface area contributed by atoms with Crippen molar-refractivity contribution < 1.29 is 13.2 Å². The molecular weight excluding hydrogens is 457 g/mol. The number of amides is 1. The Balaban J connectivity index is 1.48. The van der Waals surface area contributed by atoms with Gasteiger partial charge in [-0.05, 0) is 68.1 Å². The topological polar surface area (TPSA) is 87.3 Å². The molecule has 2 aromatic carbocycles. The Morgan fingerprint density at radius 1 is 1.10 bits per heavy atom. The summed E-state index contributed by atoms with van der Waals surface area (Å²) in [7, 11) is -3.58. The first-order valence-electron chi connectivity index (χ1n) is 10.4. The first kappa shape index (κ1) is 23.9. The van der Waals surface area contributed by atoms with E-state index in [0.29, 0.717) is 39.4 Å². The van der Waals surface area contributed by atoms with Gasteiger partial charge in [-0.2, -0.15) is 0 Å². The van der Waals surface area contributed by atoms with Crippen molar-refractivity contribution in [2.75, 3.05) is 23.6 Å². The summed E-state index contributed by atoms with van der Waals surface area (Å²) in [5.74, 6) is -0.300. The molecule has 3 rings (SSSR count). The maximum atomic E-state index is 12.4. The first-order valence-corrected chi connectivity index (χ1v) is 12.8. The number of nitrogens with one attached hydrogen (secondary N) is 3. The maximum Gasteiger partial charge on any atom is 0.251 e. The van der Waals surface area contributed by atoms with Gasteiger partial charge in [-0.1, -0.05) is 41.8 Å². The lowest BCUT2D eigenvalue weighted by Crippen LogP contribution is -2.37. The van der Waals surface area contributed by atoms with Gasteiger partial charge in [0.25, 0.3) is 5.91 Å². The molecule has 1 aliphatic rings. The van der Waals surface area contributed by atoms with E-state index < -0.39 is 10.0 Å². The van der Waals surface area contributed by atoms with Gasteiger partial charge in [0.15, 0.2) is 0 Å². The molecule has 3 N–H and O–H groups in total. The second-order valence-corrected chi connectivity index (χ2v) is 10.3. The van der Waals surface area contributed by atoms with Gasteiger partial charge in [0, 0.05) is 23.8 Å². The molecule has 9 heteroatoms. The highest BCUT2D eigenvalue weighted by atomic mass is 35.5. The average molecular weight is 484 g/mol. The number of aryl methyl sites for hydroxylation is 1. The molecule has 0 saturated carbocycles. The zero-order valence-corrected chi connectivity index (χ0v) is 19.5. The molecule has 1 unspecified atom stereocenters. The van der Waals surface area contributed by atoms with E-state index in [1.54, 1.807) is 42.5 Å². The smallest absolute Gasteiger partial charge is 0.251 e. The summed E-state index contributed by atoms with van der Waals surface area (Å²) in [6, 6.07) is 12.0. The number of hydrogen-bond donors (Lipinski definition) is 3. The van der Waals surface area contributed by atoms with Crippen LogP contribution in [-0.2, 0) is 16.4 Å². The Bertz CT molecular complexity index is 992. The molecule has 0 aromatic heterocycles. The molecule has 6 nitrogen and oxygen atoms in total. The van der Waals surface area contributed by atoms with Crippen molar-refractivity contribution in [3.05, 3.63) is 63.6 Å². The normalized spacial score (nSPS) is 16.6. The lowest BCUT2D eigenvalue weighted by Gasteiger charge is -2.23. The standard InChI is InChI=1S/C22H27Cl2N3O3S/c23-20-6-3-4-16(21(20)24)12-15-31(29,30)27-19-9-7-17(8-10-19)22(28)26-14-11-18-5-1-2-13-25-18/h3-4,6-10,18,25,27H,1-2,5,11-15H2,(H,26,28). The Labute approximate surface area is 193 Å². The van der Waals surface area contributed by atoms with Crippen molar-refractivity contribution in [2.24, 2.45) is 0 Å². The third-order valence-electron chi connectivity index (χ3n) is 5.28. The molecule has 2 aromatic rings. The fourth-order valence-corrected chi connectivity index (χ4v) is 5.04. The Hall–Kier alpha value is -1.80. The highest BCUT2D eigenvalue weighted by molar-refractivity contribution is 7.92. The van der Waals surface area contributed by atoms with Crippen LogP contribution in [-0.4, -0.2) is 39.2 Å². The van der Waals surface area contributed by atoms with Crippen molar-refractivity contribution >= 4 is 44.8 Å². The van der Waals surface area contributed by atoms with Crippen LogP contribution in [0, 0.1) is 0 Å². The zero-order valence-electron chi connectivity index (χ0n) is 17.2. The van der Waals surface area contributed by atoms with Gasteiger partial charge in [-0.25, -0.2) is 8.42 Å². The summed E-state index contributed by atoms with van der Waals surface area (Å²) < 4.78 is 27.3. The van der Waals surface area contributed by atoms with E-state index in [1.165, 1.54) is 12.8 Å². The summed E-state index contributed by atoms with van der Waals surface area (Å²) in [5.41, 5.74) is 1.57. The second kappa shape index (κ2) is 11.2. The highest BCUT2D eigenvalue weighted by Gasteiger charge is 2.15. The molecule has 1 amide bonds. The van der Waals surface area contributed by atoms with E-state index >= 15 is 0 Å². The summed E-state index contributed by atoms with van der Waals surface area (Å²) in [6.45, 7) is 1.65. The van der Waals surface area contributed by atoms with Crippen LogP contribution in [0.15, 0.2) is 42.5 Å². The molecule has 1 aliphatic heterocycles. The van der Waals surface area contributed by atoms with E-state index in [2.05, 4.69) is 15.4 Å². The molecular formula is C22H27Cl2N3O3S. The number of piperidine rings is 1. The largest absolute Gasteiger partial charge is 0.352 e. The van der Waals surface area contributed by atoms with Crippen LogP contribution >= 0.6 is 23.2 Å². The Morgan fingerprint density at radius 3 is 2.58 bits per heavy atom. The summed E-state index contributed by atoms with van der Waals surface area (Å²) >= 11 is 12.1. The molecule has 0 spiro atoms. The molecule has 168 valence electrons. The van der Waals surface area contributed by atoms with Crippen LogP contribution in [0.1, 0.15) is 41.6 Å². The van der Waals surface area contributed by atoms with Crippen LogP contribution in [0.25, 0.3) is 0 Å². The molecule has 0 radical (unpaired) electrons. The average Bonchev–Trinajstić information content (AvgIpc) is 2.76. The minimum atomic E-state index is -3.58. The molecule has 1 atom stereocenters. The first-order chi connectivity index (χ1) is 14.8. The third-order valence-corrected chi connectivity index (χ3v) is 7.43. The summed E-state index contributed by atoms with van der Waals surface area (Å²) in [6.07, 6.45) is 4.74. The van der Waals surface area contributed by atoms with Crippen molar-refractivity contribution in [1.29, 1.82) is 0 Å². The van der Waals surface area contributed by atoms with E-state index in [9.17, 15) is 13.2 Å². The van der Waals surface area contributed by atoms with E-state index in [1.807, 2.05) is 0 Å². The van der Waals surface area contributed by atoms with E-state index in [0.717, 1.165) is 19.4 Å². The predicted octanol–water partition coefficient (Wildman–Crippen LogP) is 4.24. The number of halogens is 2. The highest BCUT2D eigenvalue weighted by Crippen LogP contribution is 2.26. The van der Waals surface area contributed by atoms with Crippen LogP contribution < -0.4 is 15.4 Å². The predicted molar refractivity (Wildman–Crippen MR) is 127 cm³/mol. The molecule has 1 heterocycles. The SMILES string of the molecule is O=C(NCCC1CCCCN1)c1ccc(NS(=O)(=O)CCc2cccc(Cl)c2Cl)cc1. The fraction of sp³-hybridized carbons (Fsp3) is 0.409. The lowest BCUT2D eigenvalue weighted by molar-refractivity contribution is 0.0951. The molecule has 1 saturated heterocycles. The van der Waals surface area contributed by atoms with Gasteiger partial charge in [-0.15, -0.1) is 0 Å².